The Labute approximate surface area is 286 Å². The van der Waals surface area contributed by atoms with E-state index in [0.29, 0.717) is 31.0 Å². The van der Waals surface area contributed by atoms with Crippen LogP contribution in [-0.2, 0) is 26.9 Å². The molecule has 0 bridgehead atoms. The summed E-state index contributed by atoms with van der Waals surface area (Å²) in [5, 5.41) is 9.23. The first-order valence-corrected chi connectivity index (χ1v) is 16.4. The zero-order valence-electron chi connectivity index (χ0n) is 28.8. The summed E-state index contributed by atoms with van der Waals surface area (Å²) in [6, 6.07) is 10.5. The highest BCUT2D eigenvalue weighted by atomic mass is 32.1. The Kier molecular flexibility index (Phi) is 10.8. The number of benzene rings is 2. The third-order valence-corrected chi connectivity index (χ3v) is 8.98. The molecule has 2 aliphatic heterocycles. The van der Waals surface area contributed by atoms with E-state index in [4.69, 9.17) is 21.7 Å². The van der Waals surface area contributed by atoms with Crippen LogP contribution in [0.3, 0.4) is 0 Å². The maximum Gasteiger partial charge on any atom is 0.417 e. The molecule has 2 aromatic carbocycles. The molecule has 0 saturated carbocycles. The van der Waals surface area contributed by atoms with Crippen LogP contribution in [0.5, 0.6) is 5.75 Å². The van der Waals surface area contributed by atoms with Crippen LogP contribution < -0.4 is 14.5 Å². The van der Waals surface area contributed by atoms with Crippen LogP contribution in [0.25, 0.3) is 0 Å². The van der Waals surface area contributed by atoms with Crippen LogP contribution in [0.2, 0.25) is 0 Å². The normalized spacial score (nSPS) is 20.6. The van der Waals surface area contributed by atoms with E-state index in [-0.39, 0.29) is 35.4 Å². The summed E-state index contributed by atoms with van der Waals surface area (Å²) in [7, 11) is 0. The molecule has 260 valence electrons. The Morgan fingerprint density at radius 3 is 2.25 bits per heavy atom. The number of hydrogen-bond acceptors (Lipinski definition) is 8. The van der Waals surface area contributed by atoms with Crippen molar-refractivity contribution in [2.75, 3.05) is 42.6 Å². The van der Waals surface area contributed by atoms with Gasteiger partial charge in [0.1, 0.15) is 23.5 Å². The lowest BCUT2D eigenvalue weighted by atomic mass is 10.0. The van der Waals surface area contributed by atoms with Gasteiger partial charge in [-0.05, 0) is 109 Å². The van der Waals surface area contributed by atoms with Gasteiger partial charge < -0.3 is 14.4 Å². The molecule has 4 rings (SSSR count). The molecule has 9 nitrogen and oxygen atoms in total. The van der Waals surface area contributed by atoms with Crippen molar-refractivity contribution in [3.8, 4) is 11.8 Å². The molecule has 13 heteroatoms. The van der Waals surface area contributed by atoms with Gasteiger partial charge in [0.15, 0.2) is 5.11 Å². The molecular weight excluding hydrogens is 643 g/mol. The van der Waals surface area contributed by atoms with Gasteiger partial charge in [-0.15, -0.1) is 0 Å². The Balaban J connectivity index is 1.45. The molecule has 2 aliphatic rings. The molecule has 0 aromatic heterocycles. The van der Waals surface area contributed by atoms with Crippen molar-refractivity contribution < 1.29 is 32.2 Å². The summed E-state index contributed by atoms with van der Waals surface area (Å²) in [4.78, 5) is 33.3. The molecule has 1 amide bonds. The van der Waals surface area contributed by atoms with Crippen molar-refractivity contribution in [2.45, 2.75) is 91.2 Å². The largest absolute Gasteiger partial charge is 0.492 e. The maximum absolute atomic E-state index is 13.7. The number of nitriles is 1. The van der Waals surface area contributed by atoms with Gasteiger partial charge in [-0.25, -0.2) is 0 Å². The second kappa shape index (κ2) is 14.0. The number of carbonyl (C=O) groups is 2. The van der Waals surface area contributed by atoms with Gasteiger partial charge in [0.2, 0.25) is 0 Å². The lowest BCUT2D eigenvalue weighted by Crippen LogP contribution is -2.58. The Morgan fingerprint density at radius 2 is 1.69 bits per heavy atom. The fraction of sp³-hybridized carbons (Fsp3) is 0.543. The molecule has 0 spiro atoms. The number of nitrogens with zero attached hydrogens (tertiary/aromatic N) is 5. The van der Waals surface area contributed by atoms with E-state index in [1.54, 1.807) is 30.9 Å². The molecular formula is C35H44F3N5O4S. The Bertz CT molecular complexity index is 1590. The van der Waals surface area contributed by atoms with Crippen LogP contribution >= 0.6 is 12.2 Å². The van der Waals surface area contributed by atoms with E-state index in [1.807, 2.05) is 39.8 Å². The SMILES string of the molecule is CCc1cc(N2C(=S)N(c3ccc(C#N)c(C(F)(F)F)c3)C(=O)C2(C)C)ccc1OCCN1C[C@@H](C)N(CC(=O)OC(C)(C)C)[C@@H](C)C1. The minimum Gasteiger partial charge on any atom is -0.492 e. The maximum atomic E-state index is 13.7. The number of thiocarbonyl (C=S) groups is 1. The Morgan fingerprint density at radius 1 is 1.06 bits per heavy atom. The monoisotopic (exact) mass is 687 g/mol. The van der Waals surface area contributed by atoms with E-state index in [1.165, 1.54) is 6.07 Å². The number of carbonyl (C=O) groups excluding carboxylic acids is 2. The molecule has 2 aromatic rings. The van der Waals surface area contributed by atoms with Crippen molar-refractivity contribution in [3.05, 3.63) is 53.1 Å². The van der Waals surface area contributed by atoms with E-state index in [2.05, 4.69) is 23.6 Å². The second-order valence-corrected chi connectivity index (χ2v) is 14.2. The topological polar surface area (TPSA) is 89.4 Å². The predicted molar refractivity (Wildman–Crippen MR) is 182 cm³/mol. The minimum absolute atomic E-state index is 0.0348. The van der Waals surface area contributed by atoms with E-state index < -0.39 is 34.4 Å². The molecule has 2 fully saturated rings. The lowest BCUT2D eigenvalue weighted by molar-refractivity contribution is -0.158. The van der Waals surface area contributed by atoms with E-state index >= 15 is 0 Å². The Hall–Kier alpha value is -3.73. The van der Waals surface area contributed by atoms with Gasteiger partial charge in [-0.3, -0.25) is 24.3 Å². The second-order valence-electron chi connectivity index (χ2n) is 13.9. The molecule has 2 saturated heterocycles. The number of rotatable bonds is 9. The van der Waals surface area contributed by atoms with E-state index in [0.717, 1.165) is 35.7 Å². The minimum atomic E-state index is -4.78. The van der Waals surface area contributed by atoms with Gasteiger partial charge in [-0.1, -0.05) is 6.92 Å². The summed E-state index contributed by atoms with van der Waals surface area (Å²) < 4.78 is 52.9. The van der Waals surface area contributed by atoms with Crippen molar-refractivity contribution in [2.24, 2.45) is 0 Å². The molecule has 0 unspecified atom stereocenters. The highest BCUT2D eigenvalue weighted by Crippen LogP contribution is 2.40. The highest BCUT2D eigenvalue weighted by molar-refractivity contribution is 7.81. The third-order valence-electron chi connectivity index (χ3n) is 8.61. The summed E-state index contributed by atoms with van der Waals surface area (Å²) in [5.74, 6) is -0.0224. The first kappa shape index (κ1) is 37.1. The first-order valence-electron chi connectivity index (χ1n) is 16.0. The van der Waals surface area contributed by atoms with Crippen molar-refractivity contribution in [1.82, 2.24) is 9.80 Å². The smallest absolute Gasteiger partial charge is 0.417 e. The number of aryl methyl sites for hydroxylation is 1. The quantitative estimate of drug-likeness (QED) is 0.227. The molecule has 2 atom stereocenters. The van der Waals surface area contributed by atoms with Gasteiger partial charge in [0.05, 0.1) is 29.4 Å². The number of esters is 1. The number of anilines is 2. The average Bonchev–Trinajstić information content (AvgIpc) is 3.16. The number of hydrogen-bond donors (Lipinski definition) is 0. The molecule has 0 radical (unpaired) electrons. The summed E-state index contributed by atoms with van der Waals surface area (Å²) >= 11 is 5.70. The van der Waals surface area contributed by atoms with Crippen LogP contribution in [0, 0.1) is 11.3 Å². The van der Waals surface area contributed by atoms with Crippen molar-refractivity contribution in [1.29, 1.82) is 5.26 Å². The highest BCUT2D eigenvalue weighted by Gasteiger charge is 2.51. The first-order chi connectivity index (χ1) is 22.3. The van der Waals surface area contributed by atoms with E-state index in [9.17, 15) is 28.0 Å². The van der Waals surface area contributed by atoms with Gasteiger partial charge in [0.25, 0.3) is 5.91 Å². The van der Waals surface area contributed by atoms with Crippen LogP contribution in [0.15, 0.2) is 36.4 Å². The van der Waals surface area contributed by atoms with Crippen molar-refractivity contribution in [3.63, 3.8) is 0 Å². The number of piperazine rings is 1. The van der Waals surface area contributed by atoms with Crippen molar-refractivity contribution >= 4 is 40.6 Å². The number of ether oxygens (including phenoxy) is 2. The van der Waals surface area contributed by atoms with Gasteiger partial charge in [0, 0.05) is 37.4 Å². The average molecular weight is 688 g/mol. The third kappa shape index (κ3) is 7.93. The summed E-state index contributed by atoms with van der Waals surface area (Å²) in [6.07, 6.45) is -4.15. The van der Waals surface area contributed by atoms with Gasteiger partial charge >= 0.3 is 12.1 Å². The van der Waals surface area contributed by atoms with Crippen LogP contribution in [-0.4, -0.2) is 82.8 Å². The zero-order valence-corrected chi connectivity index (χ0v) is 29.6. The fourth-order valence-corrected chi connectivity index (χ4v) is 6.87. The number of amides is 1. The number of alkyl halides is 3. The predicted octanol–water partition coefficient (Wildman–Crippen LogP) is 6.17. The lowest BCUT2D eigenvalue weighted by Gasteiger charge is -2.44. The summed E-state index contributed by atoms with van der Waals surface area (Å²) in [5.41, 5.74) is -1.95. The van der Waals surface area contributed by atoms with Gasteiger partial charge in [-0.2, -0.15) is 18.4 Å². The summed E-state index contributed by atoms with van der Waals surface area (Å²) in [6.45, 7) is 18.1. The van der Waals surface area contributed by atoms with Crippen LogP contribution in [0.4, 0.5) is 24.5 Å². The molecule has 0 N–H and O–H groups in total. The molecule has 48 heavy (non-hydrogen) atoms. The molecule has 2 heterocycles. The zero-order chi connectivity index (χ0) is 35.8. The number of halogens is 3. The van der Waals surface area contributed by atoms with Crippen LogP contribution in [0.1, 0.15) is 72.1 Å². The molecule has 0 aliphatic carbocycles. The fourth-order valence-electron chi connectivity index (χ4n) is 6.35. The standard InChI is InChI=1S/C35H44F3N5O4S/c1-9-24-16-27(43-32(48)42(31(45)34(43,7)8)26-11-10-25(18-39)28(17-26)35(36,37)38)12-13-29(24)46-15-14-40-19-22(2)41(23(3)20-40)21-30(44)47-33(4,5)6/h10-13,16-17,22-23H,9,14-15,19-21H2,1-8H3/t22-,23+.